The second kappa shape index (κ2) is 6.92. The third-order valence-electron chi connectivity index (χ3n) is 3.55. The van der Waals surface area contributed by atoms with Crippen LogP contribution in [0.2, 0.25) is 0 Å². The molecule has 20 heavy (non-hydrogen) atoms. The molecule has 7 nitrogen and oxygen atoms in total. The zero-order chi connectivity index (χ0) is 15.3. The van der Waals surface area contributed by atoms with Crippen molar-refractivity contribution in [3.8, 4) is 0 Å². The molecule has 1 fully saturated rings. The van der Waals surface area contributed by atoms with Gasteiger partial charge in [-0.15, -0.1) is 0 Å². The van der Waals surface area contributed by atoms with E-state index >= 15 is 0 Å². The van der Waals surface area contributed by atoms with E-state index in [-0.39, 0.29) is 18.7 Å². The summed E-state index contributed by atoms with van der Waals surface area (Å²) in [6.45, 7) is 3.88. The monoisotopic (exact) mass is 306 g/mol. The van der Waals surface area contributed by atoms with E-state index in [4.69, 9.17) is 5.11 Å². The highest BCUT2D eigenvalue weighted by Crippen LogP contribution is 2.19. The van der Waals surface area contributed by atoms with Crippen molar-refractivity contribution in [2.45, 2.75) is 44.4 Å². The summed E-state index contributed by atoms with van der Waals surface area (Å²) in [5, 5.41) is 10.8. The van der Waals surface area contributed by atoms with E-state index in [1.807, 2.05) is 0 Å². The number of carbonyl (C=O) groups excluding carboxylic acids is 1. The molecule has 2 N–H and O–H groups in total. The van der Waals surface area contributed by atoms with E-state index in [9.17, 15) is 18.0 Å². The van der Waals surface area contributed by atoms with Crippen LogP contribution in [0.15, 0.2) is 0 Å². The minimum absolute atomic E-state index is 0.0947. The first-order chi connectivity index (χ1) is 9.27. The maximum Gasteiger partial charge on any atom is 0.317 e. The average Bonchev–Trinajstić information content (AvgIpc) is 2.65. The largest absolute Gasteiger partial charge is 0.481 e. The van der Waals surface area contributed by atoms with Crippen LogP contribution in [-0.4, -0.2) is 60.6 Å². The molecule has 1 saturated heterocycles. The smallest absolute Gasteiger partial charge is 0.317 e. The Kier molecular flexibility index (Phi) is 5.79. The third kappa shape index (κ3) is 4.36. The molecule has 2 amide bonds. The summed E-state index contributed by atoms with van der Waals surface area (Å²) < 4.78 is 23.3. The normalized spacial score (nSPS) is 22.2. The van der Waals surface area contributed by atoms with Gasteiger partial charge in [0.05, 0.1) is 17.4 Å². The zero-order valence-corrected chi connectivity index (χ0v) is 12.6. The number of amides is 2. The Balaban J connectivity index is 2.53. The number of carboxylic acid groups (broad SMARTS) is 1. The van der Waals surface area contributed by atoms with Crippen LogP contribution in [-0.2, 0) is 14.6 Å². The predicted molar refractivity (Wildman–Crippen MR) is 74.3 cm³/mol. The van der Waals surface area contributed by atoms with Gasteiger partial charge in [0.2, 0.25) is 0 Å². The van der Waals surface area contributed by atoms with E-state index in [0.29, 0.717) is 19.4 Å². The van der Waals surface area contributed by atoms with Gasteiger partial charge >= 0.3 is 12.0 Å². The molecule has 0 aromatic heterocycles. The number of hydrogen-bond donors (Lipinski definition) is 2. The number of hydrogen-bond acceptors (Lipinski definition) is 4. The van der Waals surface area contributed by atoms with Gasteiger partial charge < -0.3 is 15.3 Å². The molecular formula is C12H22N2O5S. The summed E-state index contributed by atoms with van der Waals surface area (Å²) in [6.07, 6.45) is 1.07. The molecule has 116 valence electrons. The summed E-state index contributed by atoms with van der Waals surface area (Å²) in [4.78, 5) is 24.1. The summed E-state index contributed by atoms with van der Waals surface area (Å²) in [7, 11) is -3.08. The number of sulfone groups is 1. The van der Waals surface area contributed by atoms with Crippen LogP contribution >= 0.6 is 0 Å². The molecule has 1 rings (SSSR count). The van der Waals surface area contributed by atoms with Gasteiger partial charge in [0.25, 0.3) is 0 Å². The van der Waals surface area contributed by atoms with E-state index < -0.39 is 33.1 Å². The fourth-order valence-corrected chi connectivity index (χ4v) is 4.17. The molecule has 0 spiro atoms. The fraction of sp³-hybridized carbons (Fsp3) is 0.833. The molecule has 0 aliphatic carbocycles. The Bertz CT molecular complexity index is 462. The molecule has 0 radical (unpaired) electrons. The number of urea groups is 1. The lowest BCUT2D eigenvalue weighted by Crippen LogP contribution is -2.47. The minimum atomic E-state index is -3.08. The van der Waals surface area contributed by atoms with E-state index in [1.54, 1.807) is 13.8 Å². The van der Waals surface area contributed by atoms with Crippen molar-refractivity contribution in [3.63, 3.8) is 0 Å². The Hall–Kier alpha value is -1.31. The van der Waals surface area contributed by atoms with Crippen molar-refractivity contribution in [3.05, 3.63) is 0 Å². The molecule has 1 aliphatic rings. The molecule has 2 unspecified atom stereocenters. The van der Waals surface area contributed by atoms with Gasteiger partial charge in [-0.1, -0.05) is 0 Å². The highest BCUT2D eigenvalue weighted by atomic mass is 32.2. The van der Waals surface area contributed by atoms with Gasteiger partial charge in [0.15, 0.2) is 9.84 Å². The molecular weight excluding hydrogens is 284 g/mol. The third-order valence-corrected chi connectivity index (χ3v) is 5.82. The lowest BCUT2D eigenvalue weighted by atomic mass is 10.2. The van der Waals surface area contributed by atoms with Crippen molar-refractivity contribution < 1.29 is 23.1 Å². The van der Waals surface area contributed by atoms with Gasteiger partial charge in [0, 0.05) is 19.1 Å². The van der Waals surface area contributed by atoms with Gasteiger partial charge in [-0.3, -0.25) is 4.79 Å². The summed E-state index contributed by atoms with van der Waals surface area (Å²) in [5.74, 6) is -0.789. The van der Waals surface area contributed by atoms with Crippen LogP contribution < -0.4 is 5.32 Å². The maximum absolute atomic E-state index is 12.0. The molecule has 1 heterocycles. The number of nitrogens with zero attached hydrogens (tertiary/aromatic N) is 1. The highest BCUT2D eigenvalue weighted by Gasteiger charge is 2.32. The Morgan fingerprint density at radius 3 is 2.55 bits per heavy atom. The Morgan fingerprint density at radius 2 is 2.10 bits per heavy atom. The average molecular weight is 306 g/mol. The van der Waals surface area contributed by atoms with E-state index in [0.717, 1.165) is 0 Å². The fourth-order valence-electron chi connectivity index (χ4n) is 2.41. The topological polar surface area (TPSA) is 104 Å². The first-order valence-electron chi connectivity index (χ1n) is 6.75. The zero-order valence-electron chi connectivity index (χ0n) is 11.8. The number of aliphatic carboxylic acids is 1. The molecule has 0 aromatic carbocycles. The first kappa shape index (κ1) is 16.7. The predicted octanol–water partition coefficient (Wildman–Crippen LogP) is 0.458. The Morgan fingerprint density at radius 1 is 1.45 bits per heavy atom. The second-order valence-corrected chi connectivity index (χ2v) is 7.45. The molecule has 0 saturated carbocycles. The second-order valence-electron chi connectivity index (χ2n) is 5.05. The van der Waals surface area contributed by atoms with E-state index in [1.165, 1.54) is 4.90 Å². The van der Waals surface area contributed by atoms with Crippen LogP contribution in [0.3, 0.4) is 0 Å². The molecule has 8 heteroatoms. The van der Waals surface area contributed by atoms with Crippen molar-refractivity contribution in [2.24, 2.45) is 0 Å². The van der Waals surface area contributed by atoms with Crippen molar-refractivity contribution in [1.82, 2.24) is 10.2 Å². The molecule has 0 bridgehead atoms. The van der Waals surface area contributed by atoms with Crippen molar-refractivity contribution in [1.29, 1.82) is 0 Å². The lowest BCUT2D eigenvalue weighted by Gasteiger charge is -2.27. The first-order valence-corrected chi connectivity index (χ1v) is 8.47. The minimum Gasteiger partial charge on any atom is -0.481 e. The Labute approximate surface area is 119 Å². The lowest BCUT2D eigenvalue weighted by molar-refractivity contribution is -0.138. The molecule has 2 atom stereocenters. The van der Waals surface area contributed by atoms with Crippen LogP contribution in [0, 0.1) is 0 Å². The van der Waals surface area contributed by atoms with Crippen LogP contribution in [0.25, 0.3) is 0 Å². The maximum atomic E-state index is 12.0. The highest BCUT2D eigenvalue weighted by molar-refractivity contribution is 7.92. The van der Waals surface area contributed by atoms with Gasteiger partial charge in [-0.25, -0.2) is 13.2 Å². The van der Waals surface area contributed by atoms with Crippen LogP contribution in [0.5, 0.6) is 0 Å². The summed E-state index contributed by atoms with van der Waals surface area (Å²) in [5.41, 5.74) is 0. The van der Waals surface area contributed by atoms with Crippen LogP contribution in [0.1, 0.15) is 33.1 Å². The summed E-state index contributed by atoms with van der Waals surface area (Å²) >= 11 is 0. The number of carboxylic acids is 1. The quantitative estimate of drug-likeness (QED) is 0.742. The SMILES string of the molecule is CCN(C(=O)NCC1CCCS1(=O)=O)C(C)CC(=O)O. The van der Waals surface area contributed by atoms with E-state index in [2.05, 4.69) is 5.32 Å². The molecule has 1 aliphatic heterocycles. The van der Waals surface area contributed by atoms with Gasteiger partial charge in [-0.05, 0) is 26.7 Å². The number of carbonyl (C=O) groups is 2. The standard InChI is InChI=1S/C12H22N2O5S/c1-3-14(9(2)7-11(15)16)12(17)13-8-10-5-4-6-20(10,18)19/h9-10H,3-8H2,1-2H3,(H,13,17)(H,15,16). The van der Waals surface area contributed by atoms with Gasteiger partial charge in [-0.2, -0.15) is 0 Å². The van der Waals surface area contributed by atoms with Gasteiger partial charge in [0.1, 0.15) is 0 Å². The van der Waals surface area contributed by atoms with Crippen molar-refractivity contribution in [2.75, 3.05) is 18.8 Å². The number of nitrogens with one attached hydrogen (secondary N) is 1. The van der Waals surface area contributed by atoms with Crippen LogP contribution in [0.4, 0.5) is 4.79 Å². The number of rotatable bonds is 6. The van der Waals surface area contributed by atoms with Crippen molar-refractivity contribution >= 4 is 21.8 Å². The molecule has 0 aromatic rings. The summed E-state index contributed by atoms with van der Waals surface area (Å²) in [6, 6.07) is -0.846.